The fraction of sp³-hybridized carbons (Fsp3) is 0.951. The first kappa shape index (κ1) is 59.9. The number of aliphatic hydroxyl groups is 8. The summed E-state index contributed by atoms with van der Waals surface area (Å²) in [6.45, 7) is 6.20. The van der Waals surface area contributed by atoms with Crippen LogP contribution in [-0.4, -0.2) is 249 Å². The lowest BCUT2D eigenvalue weighted by molar-refractivity contribution is -0.278. The molecule has 0 bridgehead atoms. The summed E-state index contributed by atoms with van der Waals surface area (Å²) in [4.78, 5) is 2.47. The van der Waals surface area contributed by atoms with Gasteiger partial charge in [0.2, 0.25) is 0 Å². The average molecular weight is 1050 g/mol. The third-order valence-electron chi connectivity index (χ3n) is 12.6. The van der Waals surface area contributed by atoms with Crippen molar-refractivity contribution in [3.8, 4) is 0 Å². The fourth-order valence-electron chi connectivity index (χ4n) is 8.53. The summed E-state index contributed by atoms with van der Waals surface area (Å²) in [5, 5.41) is 96.8. The first-order chi connectivity index (χ1) is 32.6. The van der Waals surface area contributed by atoms with Gasteiger partial charge in [-0.25, -0.2) is 0 Å². The van der Waals surface area contributed by atoms with Crippen LogP contribution in [0.4, 0.5) is 0 Å². The van der Waals surface area contributed by atoms with E-state index < -0.39 is 110 Å². The Bertz CT molecular complexity index is 1440. The zero-order valence-electron chi connectivity index (χ0n) is 38.8. The molecule has 1 saturated carbocycles. The monoisotopic (exact) mass is 1050 g/mol. The first-order valence-corrected chi connectivity index (χ1v) is 27.0. The van der Waals surface area contributed by atoms with Crippen LogP contribution in [0.3, 0.4) is 0 Å². The summed E-state index contributed by atoms with van der Waals surface area (Å²) in [5.74, 6) is 1.72. The van der Waals surface area contributed by atoms with E-state index in [-0.39, 0.29) is 13.1 Å². The molecule has 0 aromatic rings. The van der Waals surface area contributed by atoms with E-state index in [1.807, 2.05) is 0 Å². The van der Waals surface area contributed by atoms with Crippen molar-refractivity contribution >= 4 is 58.2 Å². The standard InChI is InChI=1S/C41H82N10O13S4/c42-7-2-1-4-12-51(14-6-9-48-41(66)50-11-16-68-21-26-36(34(57)38(59)62-26)64-39-28(46)32(55)30(53)24(19-44)63-39)13-5-3-8-47-40(65)49-10-15-67-20-25-35(33(56)37(58)61-25)60-23-17-22(18-43)29(52)31(54)27(23)45/h22-39,52-59H,1-21,42-46H2,(H2,47,49,65)(H2,48,50,66)/t22-,23?,24-,25+,26+,27?,28?,29+,30+,31?,32?,33-,34-,35-,36-,37?,38?,39?/m0/s1. The van der Waals surface area contributed by atoms with Gasteiger partial charge in [-0.2, -0.15) is 23.5 Å². The van der Waals surface area contributed by atoms with Crippen LogP contribution in [0.25, 0.3) is 0 Å². The minimum Gasteiger partial charge on any atom is -0.390 e. The van der Waals surface area contributed by atoms with Crippen LogP contribution in [0.15, 0.2) is 0 Å². The van der Waals surface area contributed by atoms with Gasteiger partial charge in [-0.15, -0.1) is 0 Å². The molecule has 1 aliphatic carbocycles. The summed E-state index contributed by atoms with van der Waals surface area (Å²) >= 11 is 14.1. The molecule has 398 valence electrons. The van der Waals surface area contributed by atoms with Crippen LogP contribution in [-0.2, 0) is 23.7 Å². The van der Waals surface area contributed by atoms with Crippen LogP contribution >= 0.6 is 48.0 Å². The maximum absolute atomic E-state index is 10.6. The van der Waals surface area contributed by atoms with Gasteiger partial charge in [-0.3, -0.25) is 0 Å². The Kier molecular flexibility index (Phi) is 28.0. The van der Waals surface area contributed by atoms with Gasteiger partial charge >= 0.3 is 0 Å². The molecule has 0 radical (unpaired) electrons. The molecule has 3 aliphatic heterocycles. The van der Waals surface area contributed by atoms with Crippen LogP contribution in [0, 0.1) is 5.92 Å². The Hall–Kier alpha value is -0.680. The van der Waals surface area contributed by atoms with Gasteiger partial charge in [0, 0.05) is 61.7 Å². The van der Waals surface area contributed by atoms with E-state index in [0.29, 0.717) is 65.8 Å². The maximum atomic E-state index is 10.6. The molecule has 27 heteroatoms. The second kappa shape index (κ2) is 31.8. The van der Waals surface area contributed by atoms with Gasteiger partial charge in [0.05, 0.1) is 42.6 Å². The Morgan fingerprint density at radius 3 is 1.63 bits per heavy atom. The molecule has 0 spiro atoms. The normalized spacial score (nSPS) is 36.3. The molecule has 3 heterocycles. The van der Waals surface area contributed by atoms with E-state index >= 15 is 0 Å². The molecule has 0 aromatic heterocycles. The molecular formula is C41H82N10O13S4. The highest BCUT2D eigenvalue weighted by atomic mass is 32.2. The van der Waals surface area contributed by atoms with E-state index in [1.54, 1.807) is 11.8 Å². The van der Waals surface area contributed by atoms with Crippen molar-refractivity contribution in [2.75, 3.05) is 88.5 Å². The number of unbranched alkanes of at least 4 members (excludes halogenated alkanes) is 3. The summed E-state index contributed by atoms with van der Waals surface area (Å²) in [7, 11) is 0. The highest BCUT2D eigenvalue weighted by Gasteiger charge is 2.50. The highest BCUT2D eigenvalue weighted by molar-refractivity contribution is 7.99. The SMILES string of the molecule is NCCCCCN(CCCCNC(=S)NCCSC[C@H]1OC(O)[C@@H](O)[C@H]1OC1C[C@@H](CN)[C@@H](O)C(O)C1N)CCCNC(=S)NCCSC[C@H]1OC(O)[C@@H](O)[C@H]1OC1O[C@@H](CN)[C@@H](O)C(O)C1N. The minimum absolute atomic E-state index is 0.0766. The van der Waals surface area contributed by atoms with Gasteiger partial charge in [-0.1, -0.05) is 6.42 Å². The summed E-state index contributed by atoms with van der Waals surface area (Å²) in [6, 6.07) is -1.98. The molecule has 18 atom stereocenters. The summed E-state index contributed by atoms with van der Waals surface area (Å²) in [6.07, 6.45) is -10.1. The lowest BCUT2D eigenvalue weighted by atomic mass is 9.79. The molecule has 3 saturated heterocycles. The number of hydrogen-bond acceptors (Lipinski definition) is 23. The Balaban J connectivity index is 1.04. The smallest absolute Gasteiger partial charge is 0.184 e. The summed E-state index contributed by atoms with van der Waals surface area (Å²) in [5.41, 5.74) is 29.3. The van der Waals surface area contributed by atoms with Crippen molar-refractivity contribution in [2.45, 2.75) is 149 Å². The van der Waals surface area contributed by atoms with Crippen molar-refractivity contribution in [2.24, 2.45) is 34.6 Å². The number of nitrogens with two attached hydrogens (primary N) is 5. The van der Waals surface area contributed by atoms with Gasteiger partial charge in [0.25, 0.3) is 0 Å². The summed E-state index contributed by atoms with van der Waals surface area (Å²) < 4.78 is 28.8. The molecule has 8 unspecified atom stereocenters. The van der Waals surface area contributed by atoms with Crippen molar-refractivity contribution in [1.29, 1.82) is 0 Å². The Morgan fingerprint density at radius 1 is 0.559 bits per heavy atom. The van der Waals surface area contributed by atoms with Crippen LogP contribution < -0.4 is 49.9 Å². The zero-order chi connectivity index (χ0) is 49.8. The van der Waals surface area contributed by atoms with E-state index in [2.05, 4.69) is 26.2 Å². The lowest BCUT2D eigenvalue weighted by Gasteiger charge is -2.42. The predicted octanol–water partition coefficient (Wildman–Crippen LogP) is -5.96. The van der Waals surface area contributed by atoms with Crippen LogP contribution in [0.1, 0.15) is 44.9 Å². The number of hydrogen-bond donors (Lipinski definition) is 17. The van der Waals surface area contributed by atoms with Crippen LogP contribution in [0.2, 0.25) is 0 Å². The first-order valence-electron chi connectivity index (χ1n) is 23.9. The van der Waals surface area contributed by atoms with Gasteiger partial charge in [0.15, 0.2) is 29.1 Å². The number of aliphatic hydroxyl groups excluding tert-OH is 8. The van der Waals surface area contributed by atoms with Crippen molar-refractivity contribution < 1.29 is 64.5 Å². The Labute approximate surface area is 419 Å². The molecular weight excluding hydrogens is 969 g/mol. The molecule has 68 heavy (non-hydrogen) atoms. The predicted molar refractivity (Wildman–Crippen MR) is 267 cm³/mol. The quantitative estimate of drug-likeness (QED) is 0.0235. The number of nitrogens with zero attached hydrogens (tertiary/aromatic N) is 1. The number of ether oxygens (including phenoxy) is 5. The lowest BCUT2D eigenvalue weighted by Crippen LogP contribution is -2.64. The third kappa shape index (κ3) is 18.7. The van der Waals surface area contributed by atoms with Gasteiger partial charge < -0.3 is 119 Å². The topological polar surface area (TPSA) is 389 Å². The molecule has 23 nitrogen and oxygen atoms in total. The van der Waals surface area contributed by atoms with E-state index in [9.17, 15) is 40.9 Å². The van der Waals surface area contributed by atoms with Crippen molar-refractivity contribution in [3.05, 3.63) is 0 Å². The molecule has 4 aliphatic rings. The number of rotatable bonds is 30. The second-order valence-electron chi connectivity index (χ2n) is 17.7. The fourth-order valence-corrected chi connectivity index (χ4v) is 10.8. The Morgan fingerprint density at radius 2 is 1.07 bits per heavy atom. The van der Waals surface area contributed by atoms with E-state index in [4.69, 9.17) is 76.8 Å². The molecule has 4 rings (SSSR count). The number of thiocarbonyl (C=S) groups is 2. The van der Waals surface area contributed by atoms with Crippen molar-refractivity contribution in [3.63, 3.8) is 0 Å². The molecule has 0 aromatic carbocycles. The second-order valence-corrected chi connectivity index (χ2v) is 20.9. The van der Waals surface area contributed by atoms with Crippen molar-refractivity contribution in [1.82, 2.24) is 26.2 Å². The van der Waals surface area contributed by atoms with E-state index in [0.717, 1.165) is 64.7 Å². The number of thioether (sulfide) groups is 2. The average Bonchev–Trinajstić information content (AvgIpc) is 3.74. The molecule has 0 amide bonds. The largest absolute Gasteiger partial charge is 0.390 e. The maximum Gasteiger partial charge on any atom is 0.184 e. The highest BCUT2D eigenvalue weighted by Crippen LogP contribution is 2.33. The third-order valence-corrected chi connectivity index (χ3v) is 15.3. The zero-order valence-corrected chi connectivity index (χ0v) is 42.1. The molecule has 4 fully saturated rings. The van der Waals surface area contributed by atoms with Gasteiger partial charge in [0.1, 0.15) is 42.7 Å². The number of nitrogens with one attached hydrogen (secondary N) is 4. The minimum atomic E-state index is -1.47. The van der Waals surface area contributed by atoms with Crippen LogP contribution in [0.5, 0.6) is 0 Å². The van der Waals surface area contributed by atoms with E-state index in [1.165, 1.54) is 11.8 Å². The van der Waals surface area contributed by atoms with Gasteiger partial charge in [-0.05, 0) is 95.7 Å². The molecule has 22 N–H and O–H groups in total.